The van der Waals surface area contributed by atoms with Crippen molar-refractivity contribution in [3.05, 3.63) is 32.6 Å². The van der Waals surface area contributed by atoms with Gasteiger partial charge in [-0.05, 0) is 34.8 Å². The van der Waals surface area contributed by atoms with Crippen molar-refractivity contribution in [2.75, 3.05) is 38.2 Å². The van der Waals surface area contributed by atoms with E-state index in [1.54, 1.807) is 16.8 Å². The standard InChI is InChI=1S/C20H19BrN6O3S/c21-13-7-27-19(31-13)15-17(25-27)16-12(24-18(15)29)5-11(6-22-16)23-14(28)8-26-9-20(10-26)1-3-30-4-2-20/h5-7H,1-4,8-10H2,(H,23,28)(H,24,29). The second-order valence-corrected chi connectivity index (χ2v) is 10.8. The zero-order valence-electron chi connectivity index (χ0n) is 16.5. The molecule has 0 radical (unpaired) electrons. The summed E-state index contributed by atoms with van der Waals surface area (Å²) >= 11 is 4.87. The number of hydrogen-bond donors (Lipinski definition) is 2. The van der Waals surface area contributed by atoms with E-state index in [1.165, 1.54) is 11.3 Å². The summed E-state index contributed by atoms with van der Waals surface area (Å²) in [6, 6.07) is 1.74. The first-order chi connectivity index (χ1) is 15.0. The molecule has 0 saturated carbocycles. The van der Waals surface area contributed by atoms with Crippen molar-refractivity contribution in [3.63, 3.8) is 0 Å². The van der Waals surface area contributed by atoms with Gasteiger partial charge in [0, 0.05) is 31.7 Å². The highest BCUT2D eigenvalue weighted by Gasteiger charge is 2.44. The lowest BCUT2D eigenvalue weighted by molar-refractivity contribution is -0.124. The minimum absolute atomic E-state index is 0.0844. The van der Waals surface area contributed by atoms with Crippen LogP contribution in [0.3, 0.4) is 0 Å². The Labute approximate surface area is 188 Å². The van der Waals surface area contributed by atoms with E-state index in [9.17, 15) is 9.59 Å². The molecule has 9 nitrogen and oxygen atoms in total. The smallest absolute Gasteiger partial charge is 0.261 e. The van der Waals surface area contributed by atoms with Gasteiger partial charge >= 0.3 is 0 Å². The molecule has 2 saturated heterocycles. The molecule has 4 aromatic rings. The van der Waals surface area contributed by atoms with Crippen LogP contribution in [-0.4, -0.2) is 63.2 Å². The zero-order chi connectivity index (χ0) is 21.2. The van der Waals surface area contributed by atoms with Crippen molar-refractivity contribution in [2.24, 2.45) is 5.41 Å². The fourth-order valence-electron chi connectivity index (χ4n) is 4.73. The number of rotatable bonds is 3. The Morgan fingerprint density at radius 3 is 2.94 bits per heavy atom. The van der Waals surface area contributed by atoms with Crippen LogP contribution in [0.15, 0.2) is 27.0 Å². The van der Waals surface area contributed by atoms with Crippen LogP contribution >= 0.6 is 27.3 Å². The van der Waals surface area contributed by atoms with Crippen LogP contribution in [-0.2, 0) is 9.53 Å². The highest BCUT2D eigenvalue weighted by Crippen LogP contribution is 2.39. The summed E-state index contributed by atoms with van der Waals surface area (Å²) in [7, 11) is 0. The van der Waals surface area contributed by atoms with Gasteiger partial charge in [0.05, 0.1) is 33.9 Å². The third-order valence-corrected chi connectivity index (χ3v) is 7.77. The molecule has 11 heteroatoms. The summed E-state index contributed by atoms with van der Waals surface area (Å²) in [4.78, 5) is 35.5. The molecule has 0 atom stereocenters. The topological polar surface area (TPSA) is 105 Å². The number of thiazole rings is 1. The number of carbonyl (C=O) groups excluding carboxylic acids is 1. The number of aromatic amines is 1. The first kappa shape index (κ1) is 19.4. The molecular formula is C20H19BrN6O3S. The second kappa shape index (κ2) is 7.09. The number of nitrogens with zero attached hydrogens (tertiary/aromatic N) is 4. The second-order valence-electron chi connectivity index (χ2n) is 8.39. The largest absolute Gasteiger partial charge is 0.381 e. The summed E-state index contributed by atoms with van der Waals surface area (Å²) in [5, 5.41) is 7.95. The maximum atomic E-state index is 12.7. The number of pyridine rings is 2. The van der Waals surface area contributed by atoms with Gasteiger partial charge in [0.15, 0.2) is 0 Å². The number of fused-ring (bicyclic) bond motifs is 5. The van der Waals surface area contributed by atoms with Crippen molar-refractivity contribution >= 4 is 65.6 Å². The molecule has 6 heterocycles. The summed E-state index contributed by atoms with van der Waals surface area (Å²) < 4.78 is 8.03. The highest BCUT2D eigenvalue weighted by atomic mass is 79.9. The molecular weight excluding hydrogens is 484 g/mol. The van der Waals surface area contributed by atoms with Crippen LogP contribution < -0.4 is 10.9 Å². The molecule has 0 aromatic carbocycles. The molecule has 0 aliphatic carbocycles. The zero-order valence-corrected chi connectivity index (χ0v) is 18.9. The van der Waals surface area contributed by atoms with Crippen LogP contribution in [0, 0.1) is 5.41 Å². The van der Waals surface area contributed by atoms with E-state index in [2.05, 4.69) is 41.2 Å². The quantitative estimate of drug-likeness (QED) is 0.446. The van der Waals surface area contributed by atoms with Gasteiger partial charge in [-0.3, -0.25) is 19.5 Å². The summed E-state index contributed by atoms with van der Waals surface area (Å²) in [5.41, 5.74) is 2.37. The molecule has 2 N–H and O–H groups in total. The van der Waals surface area contributed by atoms with Crippen LogP contribution in [0.2, 0.25) is 0 Å². The molecule has 0 bridgehead atoms. The van der Waals surface area contributed by atoms with Crippen LogP contribution in [0.1, 0.15) is 12.8 Å². The highest BCUT2D eigenvalue weighted by molar-refractivity contribution is 9.11. The normalized spacial score (nSPS) is 18.7. The van der Waals surface area contributed by atoms with Gasteiger partial charge < -0.3 is 15.0 Å². The van der Waals surface area contributed by atoms with Gasteiger partial charge in [-0.2, -0.15) is 5.10 Å². The van der Waals surface area contributed by atoms with E-state index >= 15 is 0 Å². The lowest BCUT2D eigenvalue weighted by Gasteiger charge is -2.52. The van der Waals surface area contributed by atoms with Crippen LogP contribution in [0.25, 0.3) is 26.8 Å². The van der Waals surface area contributed by atoms with Gasteiger partial charge in [-0.25, -0.2) is 4.52 Å². The number of nitrogens with one attached hydrogen (secondary N) is 2. The number of amides is 1. The summed E-state index contributed by atoms with van der Waals surface area (Å²) in [6.07, 6.45) is 5.58. The fourth-order valence-corrected chi connectivity index (χ4v) is 6.20. The maximum Gasteiger partial charge on any atom is 0.261 e. The fraction of sp³-hybridized carbons (Fsp3) is 0.400. The van der Waals surface area contributed by atoms with Gasteiger partial charge in [0.2, 0.25) is 5.91 Å². The SMILES string of the molecule is O=C(CN1CC2(CCOCC2)C1)Nc1cnc2c(c1)[nH]c(=O)c1c2nn2cc(Br)sc12. The van der Waals surface area contributed by atoms with Crippen molar-refractivity contribution < 1.29 is 9.53 Å². The Morgan fingerprint density at radius 1 is 1.32 bits per heavy atom. The molecule has 2 aliphatic heterocycles. The van der Waals surface area contributed by atoms with Gasteiger partial charge in [-0.1, -0.05) is 0 Å². The average molecular weight is 503 g/mol. The Kier molecular flexibility index (Phi) is 4.43. The van der Waals surface area contributed by atoms with Crippen LogP contribution in [0.4, 0.5) is 5.69 Å². The van der Waals surface area contributed by atoms with Crippen molar-refractivity contribution in [3.8, 4) is 0 Å². The Balaban J connectivity index is 1.22. The van der Waals surface area contributed by atoms with Gasteiger partial charge in [0.25, 0.3) is 5.56 Å². The maximum absolute atomic E-state index is 12.7. The van der Waals surface area contributed by atoms with Gasteiger partial charge in [0.1, 0.15) is 21.3 Å². The molecule has 2 aliphatic rings. The number of likely N-dealkylation sites (tertiary alicyclic amines) is 1. The molecule has 1 amide bonds. The van der Waals surface area contributed by atoms with Crippen molar-refractivity contribution in [1.82, 2.24) is 24.5 Å². The van der Waals surface area contributed by atoms with E-state index in [0.717, 1.165) is 47.8 Å². The molecule has 160 valence electrons. The van der Waals surface area contributed by atoms with Crippen molar-refractivity contribution in [2.45, 2.75) is 12.8 Å². The van der Waals surface area contributed by atoms with Crippen molar-refractivity contribution in [1.29, 1.82) is 0 Å². The van der Waals surface area contributed by atoms with E-state index in [4.69, 9.17) is 4.74 Å². The predicted octanol–water partition coefficient (Wildman–Crippen LogP) is 2.60. The Morgan fingerprint density at radius 2 is 2.13 bits per heavy atom. The average Bonchev–Trinajstić information content (AvgIpc) is 3.23. The third-order valence-electron chi connectivity index (χ3n) is 6.19. The molecule has 1 spiro atoms. The Hall–Kier alpha value is -2.34. The molecule has 31 heavy (non-hydrogen) atoms. The number of anilines is 1. The number of aromatic nitrogens is 4. The summed E-state index contributed by atoms with van der Waals surface area (Å²) in [6.45, 7) is 3.88. The summed E-state index contributed by atoms with van der Waals surface area (Å²) in [5.74, 6) is -0.0844. The first-order valence-corrected chi connectivity index (χ1v) is 11.7. The van der Waals surface area contributed by atoms with E-state index in [-0.39, 0.29) is 11.5 Å². The predicted molar refractivity (Wildman–Crippen MR) is 122 cm³/mol. The number of carbonyl (C=O) groups is 1. The van der Waals surface area contributed by atoms with Gasteiger partial charge in [-0.15, -0.1) is 11.3 Å². The molecule has 2 fully saturated rings. The van der Waals surface area contributed by atoms with E-state index < -0.39 is 0 Å². The lowest BCUT2D eigenvalue weighted by Crippen LogP contribution is -2.59. The molecule has 6 rings (SSSR count). The number of H-pyrrole nitrogens is 1. The van der Waals surface area contributed by atoms with E-state index in [1.807, 2.05) is 6.20 Å². The number of hydrogen-bond acceptors (Lipinski definition) is 7. The third kappa shape index (κ3) is 3.27. The number of halogens is 1. The minimum atomic E-state index is -0.223. The van der Waals surface area contributed by atoms with Crippen LogP contribution in [0.5, 0.6) is 0 Å². The first-order valence-electron chi connectivity index (χ1n) is 10.1. The Bertz CT molecular complexity index is 1390. The minimum Gasteiger partial charge on any atom is -0.381 e. The molecule has 4 aromatic heterocycles. The lowest BCUT2D eigenvalue weighted by atomic mass is 9.73. The van der Waals surface area contributed by atoms with E-state index in [0.29, 0.717) is 39.6 Å². The monoisotopic (exact) mass is 502 g/mol. The number of ether oxygens (including phenoxy) is 1. The molecule has 0 unspecified atom stereocenters.